The zero-order valence-electron chi connectivity index (χ0n) is 6.40. The summed E-state index contributed by atoms with van der Waals surface area (Å²) in [4.78, 5) is 25.7. The molecule has 1 fully saturated rings. The molecule has 2 rings (SSSR count). The molecule has 13 heavy (non-hydrogen) atoms. The first-order valence-corrected chi connectivity index (χ1v) is 4.42. The summed E-state index contributed by atoms with van der Waals surface area (Å²) in [5.41, 5.74) is 2.55. The van der Waals surface area contributed by atoms with E-state index in [0.717, 1.165) is 0 Å². The Hall–Kier alpha value is -1.69. The minimum absolute atomic E-state index is 0.232. The van der Waals surface area contributed by atoms with Crippen LogP contribution in [0.15, 0.2) is 16.6 Å². The third-order valence-corrected chi connectivity index (χ3v) is 2.07. The molecule has 1 aliphatic heterocycles. The average molecular weight is 195 g/mol. The maximum absolute atomic E-state index is 11.0. The van der Waals surface area contributed by atoms with Crippen LogP contribution in [-0.4, -0.2) is 16.9 Å². The molecule has 0 atom stereocenters. The summed E-state index contributed by atoms with van der Waals surface area (Å²) < 4.78 is 0. The van der Waals surface area contributed by atoms with Gasteiger partial charge in [-0.2, -0.15) is 0 Å². The van der Waals surface area contributed by atoms with E-state index in [1.165, 1.54) is 17.4 Å². The van der Waals surface area contributed by atoms with Gasteiger partial charge in [0.2, 0.25) is 0 Å². The van der Waals surface area contributed by atoms with Gasteiger partial charge in [0.05, 0.1) is 11.2 Å². The quantitative estimate of drug-likeness (QED) is 0.501. The highest BCUT2D eigenvalue weighted by Crippen LogP contribution is 2.07. The predicted octanol–water partition coefficient (Wildman–Crippen LogP) is 0.323. The van der Waals surface area contributed by atoms with E-state index in [4.69, 9.17) is 0 Å². The summed E-state index contributed by atoms with van der Waals surface area (Å²) in [6.07, 6.45) is 1.52. The van der Waals surface area contributed by atoms with Gasteiger partial charge in [-0.1, -0.05) is 0 Å². The minimum Gasteiger partial charge on any atom is -0.303 e. The average Bonchev–Trinajstić information content (AvgIpc) is 2.63. The first kappa shape index (κ1) is 7.93. The van der Waals surface area contributed by atoms with Gasteiger partial charge in [0.1, 0.15) is 5.70 Å². The molecule has 0 saturated carbocycles. The number of thiazole rings is 1. The Morgan fingerprint density at radius 1 is 1.38 bits per heavy atom. The highest BCUT2D eigenvalue weighted by atomic mass is 32.1. The number of nitrogens with zero attached hydrogens (tertiary/aromatic N) is 1. The maximum Gasteiger partial charge on any atom is 0.326 e. The van der Waals surface area contributed by atoms with Gasteiger partial charge in [-0.15, -0.1) is 11.3 Å². The van der Waals surface area contributed by atoms with Crippen LogP contribution in [0.3, 0.4) is 0 Å². The second-order valence-corrected chi connectivity index (χ2v) is 3.10. The highest BCUT2D eigenvalue weighted by Gasteiger charge is 2.22. The molecule has 3 amide bonds. The van der Waals surface area contributed by atoms with E-state index in [1.807, 2.05) is 0 Å². The number of urea groups is 1. The first-order chi connectivity index (χ1) is 6.25. The van der Waals surface area contributed by atoms with Crippen molar-refractivity contribution >= 4 is 29.4 Å². The second-order valence-electron chi connectivity index (χ2n) is 2.38. The Morgan fingerprint density at radius 2 is 2.23 bits per heavy atom. The van der Waals surface area contributed by atoms with Gasteiger partial charge in [0.25, 0.3) is 5.91 Å². The number of aromatic nitrogens is 1. The Labute approximate surface area is 77.5 Å². The minimum atomic E-state index is -0.494. The zero-order chi connectivity index (χ0) is 9.26. The lowest BCUT2D eigenvalue weighted by Gasteiger charge is -1.89. The number of rotatable bonds is 1. The Bertz CT molecular complexity index is 382. The SMILES string of the molecule is O=C1NC(=O)C(=Cc2cscn2)N1. The Morgan fingerprint density at radius 3 is 2.77 bits per heavy atom. The lowest BCUT2D eigenvalue weighted by atomic mass is 10.3. The molecular weight excluding hydrogens is 190 g/mol. The summed E-state index contributed by atoms with van der Waals surface area (Å²) >= 11 is 1.42. The third kappa shape index (κ3) is 1.57. The van der Waals surface area contributed by atoms with Crippen LogP contribution in [0.2, 0.25) is 0 Å². The normalized spacial score (nSPS) is 18.9. The molecule has 0 unspecified atom stereocenters. The molecule has 2 N–H and O–H groups in total. The van der Waals surface area contributed by atoms with E-state index in [2.05, 4.69) is 15.6 Å². The molecule has 1 aromatic rings. The van der Waals surface area contributed by atoms with E-state index in [0.29, 0.717) is 5.69 Å². The van der Waals surface area contributed by atoms with Gasteiger partial charge in [-0.05, 0) is 6.08 Å². The van der Waals surface area contributed by atoms with Crippen molar-refractivity contribution < 1.29 is 9.59 Å². The summed E-state index contributed by atoms with van der Waals surface area (Å²) in [6, 6.07) is -0.494. The Balaban J connectivity index is 2.27. The van der Waals surface area contributed by atoms with E-state index >= 15 is 0 Å². The molecule has 0 bridgehead atoms. The van der Waals surface area contributed by atoms with E-state index in [9.17, 15) is 9.59 Å². The lowest BCUT2D eigenvalue weighted by molar-refractivity contribution is -0.115. The van der Waals surface area contributed by atoms with Gasteiger partial charge in [0.15, 0.2) is 0 Å². The van der Waals surface area contributed by atoms with Crippen LogP contribution in [0.25, 0.3) is 6.08 Å². The second kappa shape index (κ2) is 2.98. The van der Waals surface area contributed by atoms with Crippen LogP contribution < -0.4 is 10.6 Å². The molecule has 5 nitrogen and oxygen atoms in total. The monoisotopic (exact) mass is 195 g/mol. The number of hydrogen-bond donors (Lipinski definition) is 2. The molecule has 0 aliphatic carbocycles. The van der Waals surface area contributed by atoms with Crippen molar-refractivity contribution in [3.05, 3.63) is 22.3 Å². The number of carbonyl (C=O) groups excluding carboxylic acids is 2. The molecule has 1 aliphatic rings. The van der Waals surface area contributed by atoms with Crippen LogP contribution in [0.1, 0.15) is 5.69 Å². The van der Waals surface area contributed by atoms with Crippen molar-refractivity contribution in [1.29, 1.82) is 0 Å². The summed E-state index contributed by atoms with van der Waals surface area (Å²) in [6.45, 7) is 0. The molecule has 0 radical (unpaired) electrons. The van der Waals surface area contributed by atoms with Gasteiger partial charge in [0, 0.05) is 5.38 Å². The summed E-state index contributed by atoms with van der Waals surface area (Å²) in [5.74, 6) is -0.419. The predicted molar refractivity (Wildman–Crippen MR) is 46.8 cm³/mol. The number of imide groups is 1. The fourth-order valence-electron chi connectivity index (χ4n) is 0.923. The van der Waals surface area contributed by atoms with Crippen LogP contribution in [0.4, 0.5) is 4.79 Å². The van der Waals surface area contributed by atoms with Crippen LogP contribution >= 0.6 is 11.3 Å². The lowest BCUT2D eigenvalue weighted by Crippen LogP contribution is -2.22. The fraction of sp³-hybridized carbons (Fsp3) is 0. The smallest absolute Gasteiger partial charge is 0.303 e. The van der Waals surface area contributed by atoms with Gasteiger partial charge in [-0.3, -0.25) is 10.1 Å². The highest BCUT2D eigenvalue weighted by molar-refractivity contribution is 7.07. The number of amides is 3. The van der Waals surface area contributed by atoms with E-state index < -0.39 is 11.9 Å². The molecular formula is C7H5N3O2S. The standard InChI is InChI=1S/C7H5N3O2S/c11-6-5(9-7(12)10-6)1-4-2-13-3-8-4/h1-3H,(H2,9,10,11,12). The number of hydrogen-bond acceptors (Lipinski definition) is 4. The van der Waals surface area contributed by atoms with Crippen molar-refractivity contribution in [3.63, 3.8) is 0 Å². The van der Waals surface area contributed by atoms with Gasteiger partial charge < -0.3 is 5.32 Å². The molecule has 6 heteroatoms. The molecule has 1 saturated heterocycles. The van der Waals surface area contributed by atoms with Crippen molar-refractivity contribution in [2.24, 2.45) is 0 Å². The molecule has 1 aromatic heterocycles. The largest absolute Gasteiger partial charge is 0.326 e. The molecule has 0 aromatic carbocycles. The molecule has 0 spiro atoms. The summed E-state index contributed by atoms with van der Waals surface area (Å²) in [5, 5.41) is 6.25. The van der Waals surface area contributed by atoms with Crippen LogP contribution in [0.5, 0.6) is 0 Å². The van der Waals surface area contributed by atoms with Crippen molar-refractivity contribution in [2.75, 3.05) is 0 Å². The summed E-state index contributed by atoms with van der Waals surface area (Å²) in [7, 11) is 0. The Kier molecular flexibility index (Phi) is 1.82. The van der Waals surface area contributed by atoms with E-state index in [-0.39, 0.29) is 5.70 Å². The number of carbonyl (C=O) groups is 2. The van der Waals surface area contributed by atoms with Crippen molar-refractivity contribution in [2.45, 2.75) is 0 Å². The molecule has 2 heterocycles. The zero-order valence-corrected chi connectivity index (χ0v) is 7.22. The molecule has 66 valence electrons. The van der Waals surface area contributed by atoms with Crippen LogP contribution in [-0.2, 0) is 4.79 Å². The topological polar surface area (TPSA) is 71.1 Å². The maximum atomic E-state index is 11.0. The van der Waals surface area contributed by atoms with Crippen molar-refractivity contribution in [1.82, 2.24) is 15.6 Å². The van der Waals surface area contributed by atoms with E-state index in [1.54, 1.807) is 10.9 Å². The third-order valence-electron chi connectivity index (χ3n) is 1.46. The van der Waals surface area contributed by atoms with Crippen molar-refractivity contribution in [3.8, 4) is 0 Å². The van der Waals surface area contributed by atoms with Gasteiger partial charge in [-0.25, -0.2) is 9.78 Å². The number of nitrogens with one attached hydrogen (secondary N) is 2. The first-order valence-electron chi connectivity index (χ1n) is 3.48. The van der Waals surface area contributed by atoms with Crippen LogP contribution in [0, 0.1) is 0 Å². The fourth-order valence-corrected chi connectivity index (χ4v) is 1.44. The van der Waals surface area contributed by atoms with Gasteiger partial charge >= 0.3 is 6.03 Å².